The maximum atomic E-state index is 12.8. The molecule has 4 aliphatic carbocycles. The van der Waals surface area contributed by atoms with Crippen molar-refractivity contribution in [2.45, 2.75) is 71.3 Å². The average molecular weight is 386 g/mol. The van der Waals surface area contributed by atoms with E-state index in [1.165, 1.54) is 18.1 Å². The molecule has 2 saturated carbocycles. The molecule has 2 fully saturated rings. The van der Waals surface area contributed by atoms with Gasteiger partial charge in [0.25, 0.3) is 0 Å². The van der Waals surface area contributed by atoms with Crippen LogP contribution in [0.1, 0.15) is 65.7 Å². The number of ether oxygens (including phenoxy) is 1. The van der Waals surface area contributed by atoms with Crippen LogP contribution in [0.15, 0.2) is 23.3 Å². The average Bonchev–Trinajstić information content (AvgIpc) is 2.92. The van der Waals surface area contributed by atoms with Gasteiger partial charge in [0, 0.05) is 24.2 Å². The van der Waals surface area contributed by atoms with E-state index in [2.05, 4.69) is 13.0 Å². The van der Waals surface area contributed by atoms with Gasteiger partial charge in [-0.2, -0.15) is 0 Å². The van der Waals surface area contributed by atoms with Crippen LogP contribution in [0, 0.1) is 22.7 Å². The van der Waals surface area contributed by atoms with Gasteiger partial charge in [-0.25, -0.2) is 0 Å². The molecule has 4 rings (SSSR count). The molecular weight excluding hydrogens is 356 g/mol. The van der Waals surface area contributed by atoms with Crippen molar-refractivity contribution in [2.24, 2.45) is 22.7 Å². The van der Waals surface area contributed by atoms with Gasteiger partial charge in [-0.1, -0.05) is 31.1 Å². The van der Waals surface area contributed by atoms with Crippen molar-refractivity contribution in [3.05, 3.63) is 23.3 Å². The van der Waals surface area contributed by atoms with Crippen molar-refractivity contribution < 1.29 is 24.2 Å². The highest BCUT2D eigenvalue weighted by Gasteiger charge is 2.64. The van der Waals surface area contributed by atoms with E-state index in [-0.39, 0.29) is 29.5 Å². The normalized spacial score (nSPS) is 41.9. The van der Waals surface area contributed by atoms with Crippen LogP contribution in [0.3, 0.4) is 0 Å². The smallest absolute Gasteiger partial charge is 0.303 e. The molecule has 0 aromatic rings. The van der Waals surface area contributed by atoms with E-state index in [0.717, 1.165) is 25.7 Å². The van der Waals surface area contributed by atoms with Crippen LogP contribution in [0.5, 0.6) is 0 Å². The summed E-state index contributed by atoms with van der Waals surface area (Å²) in [5, 5.41) is 11.4. The molecule has 28 heavy (non-hydrogen) atoms. The summed E-state index contributed by atoms with van der Waals surface area (Å²) in [4.78, 5) is 35.9. The zero-order chi connectivity index (χ0) is 20.3. The predicted octanol–water partition coefficient (Wildman–Crippen LogP) is 3.30. The molecule has 0 aliphatic heterocycles. The number of esters is 1. The quantitative estimate of drug-likeness (QED) is 0.595. The molecule has 0 radical (unpaired) electrons. The van der Waals surface area contributed by atoms with Gasteiger partial charge in [0.1, 0.15) is 5.60 Å². The molecule has 5 atom stereocenters. The lowest BCUT2D eigenvalue weighted by Crippen LogP contribution is -2.55. The minimum Gasteiger partial charge on any atom is -0.458 e. The van der Waals surface area contributed by atoms with Gasteiger partial charge < -0.3 is 9.84 Å². The van der Waals surface area contributed by atoms with E-state index >= 15 is 0 Å². The standard InChI is InChI=1S/C23H30O5/c1-14(24)28-13-20(26)23(27)11-8-19-17-5-4-15-12-16(25)6-9-21(15,2)18(17)7-10-22(19,23)3/h7,12,17,19,27H,4-6,8-11,13H2,1-3H3/t17-,19+,21+,22-,23+/m0/s1. The van der Waals surface area contributed by atoms with Crippen molar-refractivity contribution in [3.63, 3.8) is 0 Å². The number of allylic oxidation sites excluding steroid dienone is 4. The van der Waals surface area contributed by atoms with Gasteiger partial charge in [0.2, 0.25) is 5.78 Å². The molecule has 0 aromatic carbocycles. The molecule has 1 N–H and O–H groups in total. The van der Waals surface area contributed by atoms with Gasteiger partial charge in [-0.3, -0.25) is 14.4 Å². The Hall–Kier alpha value is -1.75. The summed E-state index contributed by atoms with van der Waals surface area (Å²) in [5.41, 5.74) is 0.626. The van der Waals surface area contributed by atoms with Crippen LogP contribution in [0.2, 0.25) is 0 Å². The summed E-state index contributed by atoms with van der Waals surface area (Å²) >= 11 is 0. The second kappa shape index (κ2) is 6.38. The molecule has 5 heteroatoms. The highest BCUT2D eigenvalue weighted by Crippen LogP contribution is 2.65. The zero-order valence-electron chi connectivity index (χ0n) is 17.0. The third kappa shape index (κ3) is 2.58. The van der Waals surface area contributed by atoms with Crippen LogP contribution in [0.25, 0.3) is 0 Å². The highest BCUT2D eigenvalue weighted by molar-refractivity contribution is 5.92. The Morgan fingerprint density at radius 2 is 1.96 bits per heavy atom. The number of ketones is 2. The largest absolute Gasteiger partial charge is 0.458 e. The SMILES string of the molecule is CC(=O)OCC(=O)[C@]1(O)CC[C@@H]2[C@H]3CCC4=CC(=O)CC[C@@]4(C)C3=CC[C@@]21C. The van der Waals surface area contributed by atoms with Gasteiger partial charge in [-0.05, 0) is 56.4 Å². The Labute approximate surface area is 166 Å². The van der Waals surface area contributed by atoms with Crippen molar-refractivity contribution in [3.8, 4) is 0 Å². The van der Waals surface area contributed by atoms with Gasteiger partial charge >= 0.3 is 5.97 Å². The summed E-state index contributed by atoms with van der Waals surface area (Å²) in [6.07, 6.45) is 9.31. The molecule has 0 heterocycles. The number of Topliss-reactive ketones (excluding diaryl/α,β-unsaturated/α-hetero) is 1. The molecule has 152 valence electrons. The second-order valence-corrected chi connectivity index (χ2v) is 9.60. The van der Waals surface area contributed by atoms with E-state index in [0.29, 0.717) is 25.2 Å². The first-order chi connectivity index (χ1) is 13.1. The first-order valence-corrected chi connectivity index (χ1v) is 10.5. The first kappa shape index (κ1) is 19.6. The number of hydrogen-bond donors (Lipinski definition) is 1. The Morgan fingerprint density at radius 1 is 1.21 bits per heavy atom. The molecule has 0 amide bonds. The summed E-state index contributed by atoms with van der Waals surface area (Å²) in [6, 6.07) is 0. The summed E-state index contributed by atoms with van der Waals surface area (Å²) < 4.78 is 4.91. The number of rotatable bonds is 3. The lowest BCUT2D eigenvalue weighted by atomic mass is 9.50. The van der Waals surface area contributed by atoms with E-state index in [1.807, 2.05) is 13.0 Å². The molecule has 0 spiro atoms. The van der Waals surface area contributed by atoms with Gasteiger partial charge in [-0.15, -0.1) is 0 Å². The van der Waals surface area contributed by atoms with Crippen LogP contribution in [-0.4, -0.2) is 34.9 Å². The molecule has 0 saturated heterocycles. The third-order valence-electron chi connectivity index (χ3n) is 8.36. The van der Waals surface area contributed by atoms with Crippen LogP contribution >= 0.6 is 0 Å². The van der Waals surface area contributed by atoms with Crippen molar-refractivity contribution in [1.29, 1.82) is 0 Å². The second-order valence-electron chi connectivity index (χ2n) is 9.60. The molecule has 0 bridgehead atoms. The van der Waals surface area contributed by atoms with Crippen molar-refractivity contribution in [1.82, 2.24) is 0 Å². The molecular formula is C23H30O5. The van der Waals surface area contributed by atoms with Crippen molar-refractivity contribution in [2.75, 3.05) is 6.61 Å². The lowest BCUT2D eigenvalue weighted by Gasteiger charge is -2.54. The van der Waals surface area contributed by atoms with E-state index in [9.17, 15) is 19.5 Å². The molecule has 0 unspecified atom stereocenters. The topological polar surface area (TPSA) is 80.7 Å². The number of carbonyl (C=O) groups excluding carboxylic acids is 3. The van der Waals surface area contributed by atoms with Crippen LogP contribution in [0.4, 0.5) is 0 Å². The maximum absolute atomic E-state index is 12.8. The van der Waals surface area contributed by atoms with Gasteiger partial charge in [0.15, 0.2) is 12.4 Å². The molecule has 4 aliphatic rings. The summed E-state index contributed by atoms with van der Waals surface area (Å²) in [5.74, 6) is -0.0813. The Kier molecular flexibility index (Phi) is 4.46. The number of carbonyl (C=O) groups is 3. The number of fused-ring (bicyclic) bond motifs is 5. The fourth-order valence-corrected chi connectivity index (χ4v) is 6.61. The van der Waals surface area contributed by atoms with E-state index in [1.54, 1.807) is 0 Å². The molecule has 5 nitrogen and oxygen atoms in total. The third-order valence-corrected chi connectivity index (χ3v) is 8.36. The maximum Gasteiger partial charge on any atom is 0.303 e. The van der Waals surface area contributed by atoms with Crippen LogP contribution in [-0.2, 0) is 19.1 Å². The zero-order valence-corrected chi connectivity index (χ0v) is 17.0. The minimum atomic E-state index is -1.45. The fraction of sp³-hybridized carbons (Fsp3) is 0.696. The fourth-order valence-electron chi connectivity index (χ4n) is 6.61. The van der Waals surface area contributed by atoms with E-state index in [4.69, 9.17) is 4.74 Å². The van der Waals surface area contributed by atoms with Crippen LogP contribution < -0.4 is 0 Å². The minimum absolute atomic E-state index is 0.0549. The first-order valence-electron chi connectivity index (χ1n) is 10.5. The monoisotopic (exact) mass is 386 g/mol. The highest BCUT2D eigenvalue weighted by atomic mass is 16.5. The molecule has 0 aromatic heterocycles. The Bertz CT molecular complexity index is 808. The number of aliphatic hydroxyl groups is 1. The number of hydrogen-bond acceptors (Lipinski definition) is 5. The van der Waals surface area contributed by atoms with E-state index < -0.39 is 17.0 Å². The Morgan fingerprint density at radius 3 is 2.68 bits per heavy atom. The summed E-state index contributed by atoms with van der Waals surface area (Å²) in [7, 11) is 0. The lowest BCUT2D eigenvalue weighted by molar-refractivity contribution is -0.162. The van der Waals surface area contributed by atoms with Gasteiger partial charge in [0.05, 0.1) is 0 Å². The summed E-state index contributed by atoms with van der Waals surface area (Å²) in [6.45, 7) is 5.21. The van der Waals surface area contributed by atoms with Crippen molar-refractivity contribution >= 4 is 17.5 Å². The Balaban J connectivity index is 1.66. The predicted molar refractivity (Wildman–Crippen MR) is 103 cm³/mol.